The Kier molecular flexibility index (Phi) is 3.77. The molecule has 0 atom stereocenters. The van der Waals surface area contributed by atoms with E-state index in [1.807, 2.05) is 0 Å². The second-order valence-electron chi connectivity index (χ2n) is 4.39. The fraction of sp³-hybridized carbons (Fsp3) is 0.143. The minimum Gasteiger partial charge on any atom is -0.486 e. The van der Waals surface area contributed by atoms with Gasteiger partial charge in [-0.2, -0.15) is 0 Å². The lowest BCUT2D eigenvalue weighted by Gasteiger charge is -2.20. The van der Waals surface area contributed by atoms with Crippen LogP contribution >= 0.6 is 15.9 Å². The molecule has 21 heavy (non-hydrogen) atoms. The van der Waals surface area contributed by atoms with Crippen molar-refractivity contribution >= 4 is 31.6 Å². The normalized spacial score (nSPS) is 13.8. The minimum atomic E-state index is -3.64. The summed E-state index contributed by atoms with van der Waals surface area (Å²) in [6, 6.07) is 11.5. The standard InChI is InChI=1S/C14H12BrNO4S/c15-11-8-13-14(20-7-6-19-13)9-12(11)16-21(17,18)10-4-2-1-3-5-10/h1-5,8-9,16H,6-7H2. The van der Waals surface area contributed by atoms with Crippen molar-refractivity contribution in [1.29, 1.82) is 0 Å². The van der Waals surface area contributed by atoms with Crippen molar-refractivity contribution in [3.05, 3.63) is 46.9 Å². The monoisotopic (exact) mass is 369 g/mol. The number of halogens is 1. The third-order valence-electron chi connectivity index (χ3n) is 2.93. The van der Waals surface area contributed by atoms with Crippen molar-refractivity contribution in [3.63, 3.8) is 0 Å². The minimum absolute atomic E-state index is 0.201. The molecule has 1 aliphatic heterocycles. The largest absolute Gasteiger partial charge is 0.486 e. The Bertz CT molecular complexity index is 762. The lowest BCUT2D eigenvalue weighted by molar-refractivity contribution is 0.171. The molecule has 0 aromatic heterocycles. The Hall–Kier alpha value is -1.73. The van der Waals surface area contributed by atoms with Crippen molar-refractivity contribution in [3.8, 4) is 11.5 Å². The van der Waals surface area contributed by atoms with Crippen LogP contribution in [0.15, 0.2) is 51.8 Å². The van der Waals surface area contributed by atoms with Crippen LogP contribution in [0.25, 0.3) is 0 Å². The zero-order valence-corrected chi connectivity index (χ0v) is 13.3. The van der Waals surface area contributed by atoms with Crippen molar-refractivity contribution in [2.45, 2.75) is 4.90 Å². The number of nitrogens with one attached hydrogen (secondary N) is 1. The number of ether oxygens (including phenoxy) is 2. The van der Waals surface area contributed by atoms with Crippen molar-refractivity contribution in [1.82, 2.24) is 0 Å². The number of hydrogen-bond acceptors (Lipinski definition) is 4. The van der Waals surface area contributed by atoms with Gasteiger partial charge in [0.25, 0.3) is 10.0 Å². The average Bonchev–Trinajstić information content (AvgIpc) is 2.49. The van der Waals surface area contributed by atoms with E-state index in [0.717, 1.165) is 0 Å². The first kappa shape index (κ1) is 14.2. The highest BCUT2D eigenvalue weighted by atomic mass is 79.9. The van der Waals surface area contributed by atoms with E-state index in [0.29, 0.717) is 34.9 Å². The molecule has 0 saturated carbocycles. The summed E-state index contributed by atoms with van der Waals surface area (Å²) < 4.78 is 38.7. The summed E-state index contributed by atoms with van der Waals surface area (Å²) in [5.41, 5.74) is 0.406. The van der Waals surface area contributed by atoms with Crippen LogP contribution in [-0.4, -0.2) is 21.6 Å². The summed E-state index contributed by atoms with van der Waals surface area (Å²) in [7, 11) is -3.64. The lowest BCUT2D eigenvalue weighted by Crippen LogP contribution is -2.17. The molecule has 1 heterocycles. The van der Waals surface area contributed by atoms with E-state index in [9.17, 15) is 8.42 Å². The number of benzene rings is 2. The van der Waals surface area contributed by atoms with E-state index in [-0.39, 0.29) is 4.90 Å². The molecule has 5 nitrogen and oxygen atoms in total. The summed E-state index contributed by atoms with van der Waals surface area (Å²) in [6.07, 6.45) is 0. The van der Waals surface area contributed by atoms with E-state index in [4.69, 9.17) is 9.47 Å². The molecule has 1 N–H and O–H groups in total. The molecule has 110 valence electrons. The van der Waals surface area contributed by atoms with E-state index in [2.05, 4.69) is 20.7 Å². The summed E-state index contributed by atoms with van der Waals surface area (Å²) in [5, 5.41) is 0. The molecule has 0 bridgehead atoms. The van der Waals surface area contributed by atoms with Gasteiger partial charge in [-0.15, -0.1) is 0 Å². The van der Waals surface area contributed by atoms with Gasteiger partial charge < -0.3 is 9.47 Å². The fourth-order valence-electron chi connectivity index (χ4n) is 1.95. The third kappa shape index (κ3) is 2.98. The van der Waals surface area contributed by atoms with Crippen LogP contribution in [0.5, 0.6) is 11.5 Å². The SMILES string of the molecule is O=S(=O)(Nc1cc2c(cc1Br)OCCO2)c1ccccc1. The van der Waals surface area contributed by atoms with Crippen LogP contribution in [-0.2, 0) is 10.0 Å². The number of rotatable bonds is 3. The molecule has 1 aliphatic rings. The van der Waals surface area contributed by atoms with E-state index >= 15 is 0 Å². The predicted molar refractivity (Wildman–Crippen MR) is 82.4 cm³/mol. The van der Waals surface area contributed by atoms with Crippen LogP contribution in [0.2, 0.25) is 0 Å². The summed E-state index contributed by atoms with van der Waals surface area (Å²) >= 11 is 3.34. The van der Waals surface area contributed by atoms with Gasteiger partial charge in [-0.3, -0.25) is 4.72 Å². The van der Waals surface area contributed by atoms with Crippen molar-refractivity contribution in [2.75, 3.05) is 17.9 Å². The first-order valence-electron chi connectivity index (χ1n) is 6.23. The Labute approximate surface area is 131 Å². The number of anilines is 1. The van der Waals surface area contributed by atoms with Gasteiger partial charge in [0.1, 0.15) is 13.2 Å². The van der Waals surface area contributed by atoms with Crippen LogP contribution in [0.3, 0.4) is 0 Å². The topological polar surface area (TPSA) is 64.6 Å². The molecule has 0 spiro atoms. The van der Waals surface area contributed by atoms with Crippen molar-refractivity contribution in [2.24, 2.45) is 0 Å². The van der Waals surface area contributed by atoms with Crippen molar-refractivity contribution < 1.29 is 17.9 Å². The van der Waals surface area contributed by atoms with Gasteiger partial charge in [0.05, 0.1) is 10.6 Å². The molecule has 0 fully saturated rings. The van der Waals surface area contributed by atoms with Gasteiger partial charge in [0, 0.05) is 16.6 Å². The van der Waals surface area contributed by atoms with Gasteiger partial charge in [0.2, 0.25) is 0 Å². The highest BCUT2D eigenvalue weighted by Crippen LogP contribution is 2.38. The first-order valence-corrected chi connectivity index (χ1v) is 8.51. The van der Waals surface area contributed by atoms with Crippen LogP contribution in [0.1, 0.15) is 0 Å². The molecule has 2 aromatic carbocycles. The zero-order valence-electron chi connectivity index (χ0n) is 10.9. The molecule has 3 rings (SSSR count). The number of hydrogen-bond donors (Lipinski definition) is 1. The molecule has 2 aromatic rings. The molecule has 0 saturated heterocycles. The maximum Gasteiger partial charge on any atom is 0.261 e. The van der Waals surface area contributed by atoms with Gasteiger partial charge in [0.15, 0.2) is 11.5 Å². The molecule has 0 radical (unpaired) electrons. The second-order valence-corrected chi connectivity index (χ2v) is 6.93. The maximum absolute atomic E-state index is 12.3. The number of fused-ring (bicyclic) bond motifs is 1. The smallest absolute Gasteiger partial charge is 0.261 e. The summed E-state index contributed by atoms with van der Waals surface area (Å²) in [4.78, 5) is 0.201. The molecular weight excluding hydrogens is 358 g/mol. The Morgan fingerprint density at radius 3 is 2.29 bits per heavy atom. The zero-order chi connectivity index (χ0) is 14.9. The van der Waals surface area contributed by atoms with E-state index in [1.54, 1.807) is 30.3 Å². The van der Waals surface area contributed by atoms with E-state index < -0.39 is 10.0 Å². The highest BCUT2D eigenvalue weighted by molar-refractivity contribution is 9.10. The Morgan fingerprint density at radius 2 is 1.62 bits per heavy atom. The maximum atomic E-state index is 12.3. The average molecular weight is 370 g/mol. The third-order valence-corrected chi connectivity index (χ3v) is 4.97. The fourth-order valence-corrected chi connectivity index (χ4v) is 3.59. The van der Waals surface area contributed by atoms with Crippen LogP contribution in [0.4, 0.5) is 5.69 Å². The molecule has 7 heteroatoms. The second kappa shape index (κ2) is 5.57. The lowest BCUT2D eigenvalue weighted by atomic mass is 10.2. The molecule has 0 aliphatic carbocycles. The van der Waals surface area contributed by atoms with Crippen LogP contribution < -0.4 is 14.2 Å². The molecular formula is C14H12BrNO4S. The van der Waals surface area contributed by atoms with Crippen LogP contribution in [0, 0.1) is 0 Å². The van der Waals surface area contributed by atoms with Gasteiger partial charge in [-0.05, 0) is 28.1 Å². The first-order chi connectivity index (χ1) is 10.1. The summed E-state index contributed by atoms with van der Waals surface area (Å²) in [6.45, 7) is 0.925. The van der Waals surface area contributed by atoms with Gasteiger partial charge in [-0.1, -0.05) is 18.2 Å². The number of sulfonamides is 1. The van der Waals surface area contributed by atoms with Gasteiger partial charge >= 0.3 is 0 Å². The van der Waals surface area contributed by atoms with E-state index in [1.165, 1.54) is 12.1 Å². The Balaban J connectivity index is 1.95. The summed E-state index contributed by atoms with van der Waals surface area (Å²) in [5.74, 6) is 1.12. The quantitative estimate of drug-likeness (QED) is 0.902. The Morgan fingerprint density at radius 1 is 1.00 bits per heavy atom. The predicted octanol–water partition coefficient (Wildman–Crippen LogP) is 3.02. The molecule has 0 unspecified atom stereocenters. The highest BCUT2D eigenvalue weighted by Gasteiger charge is 2.19. The molecule has 0 amide bonds. The van der Waals surface area contributed by atoms with Gasteiger partial charge in [-0.25, -0.2) is 8.42 Å².